The summed E-state index contributed by atoms with van der Waals surface area (Å²) in [4.78, 5) is 23.9. The number of ketones is 1. The molecule has 1 aromatic carbocycles. The van der Waals surface area contributed by atoms with Gasteiger partial charge in [-0.05, 0) is 24.3 Å². The predicted molar refractivity (Wildman–Crippen MR) is 77.8 cm³/mol. The van der Waals surface area contributed by atoms with E-state index in [4.69, 9.17) is 4.74 Å². The van der Waals surface area contributed by atoms with Crippen molar-refractivity contribution in [2.75, 3.05) is 25.1 Å². The number of carbonyl (C=O) groups excluding carboxylic acids is 1. The van der Waals surface area contributed by atoms with Gasteiger partial charge in [0.05, 0.1) is 12.0 Å². The molecule has 1 aliphatic heterocycles. The number of piperidine rings is 1. The summed E-state index contributed by atoms with van der Waals surface area (Å²) in [5.74, 6) is 0.664. The van der Waals surface area contributed by atoms with Crippen molar-refractivity contribution in [3.05, 3.63) is 28.3 Å². The Morgan fingerprint density at radius 1 is 1.29 bits per heavy atom. The van der Waals surface area contributed by atoms with Crippen LogP contribution in [0.4, 0.5) is 11.4 Å². The Hall–Kier alpha value is -2.11. The van der Waals surface area contributed by atoms with E-state index in [1.54, 1.807) is 12.1 Å². The molecule has 1 aliphatic carbocycles. The summed E-state index contributed by atoms with van der Waals surface area (Å²) < 4.78 is 5.11. The van der Waals surface area contributed by atoms with Crippen LogP contribution in [0.25, 0.3) is 0 Å². The van der Waals surface area contributed by atoms with Crippen LogP contribution in [0.2, 0.25) is 0 Å². The summed E-state index contributed by atoms with van der Waals surface area (Å²) in [6, 6.07) is 4.98. The van der Waals surface area contributed by atoms with Gasteiger partial charge in [-0.25, -0.2) is 0 Å². The maximum Gasteiger partial charge on any atom is 0.311 e. The highest BCUT2D eigenvalue weighted by molar-refractivity contribution is 5.86. The molecular weight excluding hydrogens is 272 g/mol. The molecular formula is C15H18N2O4. The van der Waals surface area contributed by atoms with Gasteiger partial charge >= 0.3 is 5.69 Å². The van der Waals surface area contributed by atoms with Gasteiger partial charge in [0.15, 0.2) is 5.75 Å². The van der Waals surface area contributed by atoms with Gasteiger partial charge in [-0.15, -0.1) is 0 Å². The van der Waals surface area contributed by atoms with Crippen molar-refractivity contribution >= 4 is 17.2 Å². The van der Waals surface area contributed by atoms with Crippen LogP contribution in [0.5, 0.6) is 5.75 Å². The van der Waals surface area contributed by atoms with E-state index in [9.17, 15) is 14.9 Å². The molecule has 6 heteroatoms. The molecule has 0 radical (unpaired) electrons. The molecule has 1 spiro atoms. The Labute approximate surface area is 122 Å². The second-order valence-electron chi connectivity index (χ2n) is 5.99. The number of hydrogen-bond acceptors (Lipinski definition) is 5. The Morgan fingerprint density at radius 2 is 1.95 bits per heavy atom. The number of methoxy groups -OCH3 is 1. The van der Waals surface area contributed by atoms with E-state index < -0.39 is 4.92 Å². The molecule has 3 rings (SSSR count). The topological polar surface area (TPSA) is 72.7 Å². The Kier molecular flexibility index (Phi) is 3.31. The maximum atomic E-state index is 11.2. The number of nitrogens with zero attached hydrogens (tertiary/aromatic N) is 2. The molecule has 1 heterocycles. The zero-order chi connectivity index (χ0) is 15.0. The first-order chi connectivity index (χ1) is 10.0. The molecule has 0 amide bonds. The zero-order valence-corrected chi connectivity index (χ0v) is 12.0. The average molecular weight is 290 g/mol. The third kappa shape index (κ3) is 2.46. The molecule has 0 atom stereocenters. The first kappa shape index (κ1) is 13.9. The highest BCUT2D eigenvalue weighted by Crippen LogP contribution is 2.47. The first-order valence-corrected chi connectivity index (χ1v) is 7.12. The summed E-state index contributed by atoms with van der Waals surface area (Å²) in [5, 5.41) is 10.9. The monoisotopic (exact) mass is 290 g/mol. The molecule has 1 saturated carbocycles. The van der Waals surface area contributed by atoms with Crippen LogP contribution < -0.4 is 9.64 Å². The van der Waals surface area contributed by atoms with Gasteiger partial charge in [0.25, 0.3) is 0 Å². The molecule has 1 saturated heterocycles. The van der Waals surface area contributed by atoms with Crippen LogP contribution >= 0.6 is 0 Å². The minimum Gasteiger partial charge on any atom is -0.490 e. The third-order valence-corrected chi connectivity index (χ3v) is 4.69. The molecule has 0 bridgehead atoms. The quantitative estimate of drug-likeness (QED) is 0.632. The molecule has 112 valence electrons. The SMILES string of the molecule is COc1cc(N2CCC3(CC2)CC(=O)C3)ccc1[N+](=O)[O-]. The highest BCUT2D eigenvalue weighted by Gasteiger charge is 2.45. The number of benzene rings is 1. The normalized spacial score (nSPS) is 20.2. The van der Waals surface area contributed by atoms with Crippen molar-refractivity contribution in [2.45, 2.75) is 25.7 Å². The van der Waals surface area contributed by atoms with Gasteiger partial charge in [0.1, 0.15) is 5.78 Å². The largest absolute Gasteiger partial charge is 0.490 e. The van der Waals surface area contributed by atoms with Crippen LogP contribution in [0.15, 0.2) is 18.2 Å². The van der Waals surface area contributed by atoms with Gasteiger partial charge < -0.3 is 9.64 Å². The number of Topliss-reactive ketones (excluding diaryl/α,β-unsaturated/α-hetero) is 1. The standard InChI is InChI=1S/C15H18N2O4/c1-21-14-8-11(2-3-13(14)17(19)20)16-6-4-15(5-7-16)9-12(18)10-15/h2-3,8H,4-7,9-10H2,1H3. The van der Waals surface area contributed by atoms with Crippen molar-refractivity contribution in [1.29, 1.82) is 0 Å². The number of hydrogen-bond donors (Lipinski definition) is 0. The van der Waals surface area contributed by atoms with E-state index in [0.717, 1.165) is 44.5 Å². The number of nitro groups is 1. The van der Waals surface area contributed by atoms with Crippen molar-refractivity contribution in [3.8, 4) is 5.75 Å². The Bertz CT molecular complexity index is 581. The summed E-state index contributed by atoms with van der Waals surface area (Å²) in [7, 11) is 1.44. The molecule has 0 N–H and O–H groups in total. The molecule has 2 aliphatic rings. The van der Waals surface area contributed by atoms with Crippen molar-refractivity contribution < 1.29 is 14.5 Å². The fourth-order valence-electron chi connectivity index (χ4n) is 3.39. The van der Waals surface area contributed by atoms with E-state index in [-0.39, 0.29) is 16.9 Å². The predicted octanol–water partition coefficient (Wildman–Crippen LogP) is 2.55. The van der Waals surface area contributed by atoms with Crippen molar-refractivity contribution in [2.24, 2.45) is 5.41 Å². The minimum atomic E-state index is -0.437. The summed E-state index contributed by atoms with van der Waals surface area (Å²) in [6.45, 7) is 1.77. The van der Waals surface area contributed by atoms with Crippen LogP contribution in [-0.4, -0.2) is 30.9 Å². The minimum absolute atomic E-state index is 0.0145. The maximum absolute atomic E-state index is 11.2. The average Bonchev–Trinajstić information content (AvgIpc) is 2.46. The second-order valence-corrected chi connectivity index (χ2v) is 5.99. The van der Waals surface area contributed by atoms with E-state index in [0.29, 0.717) is 5.78 Å². The van der Waals surface area contributed by atoms with Crippen LogP contribution in [0, 0.1) is 15.5 Å². The molecule has 0 aromatic heterocycles. The van der Waals surface area contributed by atoms with E-state index in [2.05, 4.69) is 4.90 Å². The number of nitro benzene ring substituents is 1. The van der Waals surface area contributed by atoms with Gasteiger partial charge in [0.2, 0.25) is 0 Å². The van der Waals surface area contributed by atoms with E-state index in [1.807, 2.05) is 0 Å². The molecule has 0 unspecified atom stereocenters. The molecule has 21 heavy (non-hydrogen) atoms. The lowest BCUT2D eigenvalue weighted by Crippen LogP contribution is -2.47. The van der Waals surface area contributed by atoms with Crippen LogP contribution in [-0.2, 0) is 4.79 Å². The summed E-state index contributed by atoms with van der Waals surface area (Å²) >= 11 is 0. The van der Waals surface area contributed by atoms with Crippen molar-refractivity contribution in [3.63, 3.8) is 0 Å². The molecule has 1 aromatic rings. The summed E-state index contributed by atoms with van der Waals surface area (Å²) in [6.07, 6.45) is 3.48. The lowest BCUT2D eigenvalue weighted by atomic mass is 9.62. The lowest BCUT2D eigenvalue weighted by Gasteiger charge is -2.47. The number of carbonyl (C=O) groups is 1. The molecule has 2 fully saturated rings. The second kappa shape index (κ2) is 5.02. The van der Waals surface area contributed by atoms with Gasteiger partial charge in [0, 0.05) is 43.8 Å². The number of rotatable bonds is 3. The lowest BCUT2D eigenvalue weighted by molar-refractivity contribution is -0.385. The fraction of sp³-hybridized carbons (Fsp3) is 0.533. The van der Waals surface area contributed by atoms with Crippen LogP contribution in [0.1, 0.15) is 25.7 Å². The van der Waals surface area contributed by atoms with Gasteiger partial charge in [-0.1, -0.05) is 0 Å². The third-order valence-electron chi connectivity index (χ3n) is 4.69. The van der Waals surface area contributed by atoms with E-state index >= 15 is 0 Å². The van der Waals surface area contributed by atoms with Gasteiger partial charge in [-0.3, -0.25) is 14.9 Å². The first-order valence-electron chi connectivity index (χ1n) is 7.12. The number of ether oxygens (including phenoxy) is 1. The van der Waals surface area contributed by atoms with E-state index in [1.165, 1.54) is 13.2 Å². The Morgan fingerprint density at radius 3 is 2.48 bits per heavy atom. The number of anilines is 1. The Balaban J connectivity index is 1.73. The zero-order valence-electron chi connectivity index (χ0n) is 12.0. The van der Waals surface area contributed by atoms with Gasteiger partial charge in [-0.2, -0.15) is 0 Å². The van der Waals surface area contributed by atoms with Crippen molar-refractivity contribution in [1.82, 2.24) is 0 Å². The summed E-state index contributed by atoms with van der Waals surface area (Å²) in [5.41, 5.74) is 1.16. The molecule has 6 nitrogen and oxygen atoms in total. The fourth-order valence-corrected chi connectivity index (χ4v) is 3.39. The smallest absolute Gasteiger partial charge is 0.311 e. The van der Waals surface area contributed by atoms with Crippen LogP contribution in [0.3, 0.4) is 0 Å². The highest BCUT2D eigenvalue weighted by atomic mass is 16.6.